The van der Waals surface area contributed by atoms with E-state index in [2.05, 4.69) is 15.0 Å². The molecule has 1 rings (SSSR count). The number of methoxy groups -OCH3 is 3. The summed E-state index contributed by atoms with van der Waals surface area (Å²) < 4.78 is 28.8. The first-order chi connectivity index (χ1) is 9.49. The van der Waals surface area contributed by atoms with Crippen LogP contribution >= 0.6 is 0 Å². The second-order valence-electron chi connectivity index (χ2n) is 3.67. The van der Waals surface area contributed by atoms with Crippen LogP contribution in [-0.2, 0) is 4.74 Å². The molecule has 0 aliphatic carbocycles. The predicted molar refractivity (Wildman–Crippen MR) is 72.8 cm³/mol. The molecule has 0 amide bonds. The van der Waals surface area contributed by atoms with Gasteiger partial charge in [-0.3, -0.25) is 0 Å². The minimum atomic E-state index is -1.43. The number of nitrogens with zero attached hydrogens (tertiary/aromatic N) is 1. The first kappa shape index (κ1) is 16.0. The SMILES string of the molecule is CNc1c(/C(N)=N\C(O)OC)cc(OC)c(OC)c1F. The molecule has 112 valence electrons. The van der Waals surface area contributed by atoms with E-state index in [1.54, 1.807) is 0 Å². The molecule has 7 nitrogen and oxygen atoms in total. The van der Waals surface area contributed by atoms with Gasteiger partial charge in [-0.2, -0.15) is 0 Å². The molecule has 1 atom stereocenters. The van der Waals surface area contributed by atoms with Gasteiger partial charge in [0.2, 0.25) is 0 Å². The average Bonchev–Trinajstić information content (AvgIpc) is 2.45. The maximum absolute atomic E-state index is 14.3. The lowest BCUT2D eigenvalue weighted by molar-refractivity contribution is -0.0657. The van der Waals surface area contributed by atoms with Crippen molar-refractivity contribution < 1.29 is 23.7 Å². The Balaban J connectivity index is 3.46. The fraction of sp³-hybridized carbons (Fsp3) is 0.417. The minimum Gasteiger partial charge on any atom is -0.493 e. The molecule has 0 fully saturated rings. The van der Waals surface area contributed by atoms with E-state index in [4.69, 9.17) is 15.2 Å². The van der Waals surface area contributed by atoms with Crippen LogP contribution in [0, 0.1) is 5.82 Å². The highest BCUT2D eigenvalue weighted by atomic mass is 19.1. The Kier molecular flexibility index (Phi) is 5.53. The monoisotopic (exact) mass is 287 g/mol. The molecule has 0 aliphatic rings. The number of aliphatic hydroxyl groups excluding tert-OH is 1. The van der Waals surface area contributed by atoms with Crippen LogP contribution in [0.1, 0.15) is 5.56 Å². The van der Waals surface area contributed by atoms with Gasteiger partial charge in [0, 0.05) is 19.7 Å². The normalized spacial score (nSPS) is 13.0. The van der Waals surface area contributed by atoms with Crippen molar-refractivity contribution in [1.29, 1.82) is 0 Å². The van der Waals surface area contributed by atoms with Gasteiger partial charge in [0.25, 0.3) is 6.41 Å². The summed E-state index contributed by atoms with van der Waals surface area (Å²) in [5.74, 6) is -0.678. The molecule has 1 unspecified atom stereocenters. The molecule has 1 aromatic rings. The summed E-state index contributed by atoms with van der Waals surface area (Å²) in [6.45, 7) is 0. The highest BCUT2D eigenvalue weighted by molar-refractivity contribution is 6.03. The number of benzene rings is 1. The zero-order valence-electron chi connectivity index (χ0n) is 11.7. The lowest BCUT2D eigenvalue weighted by Crippen LogP contribution is -2.21. The van der Waals surface area contributed by atoms with Crippen LogP contribution in [0.4, 0.5) is 10.1 Å². The smallest absolute Gasteiger partial charge is 0.257 e. The summed E-state index contributed by atoms with van der Waals surface area (Å²) in [6, 6.07) is 1.45. The zero-order valence-corrected chi connectivity index (χ0v) is 11.7. The molecule has 0 aliphatic heterocycles. The van der Waals surface area contributed by atoms with E-state index in [1.165, 1.54) is 34.4 Å². The van der Waals surface area contributed by atoms with Crippen molar-refractivity contribution in [2.24, 2.45) is 10.7 Å². The second kappa shape index (κ2) is 6.92. The van der Waals surface area contributed by atoms with E-state index in [9.17, 15) is 9.50 Å². The molecule has 0 aromatic heterocycles. The molecule has 1 aromatic carbocycles. The quantitative estimate of drug-likeness (QED) is 0.401. The number of nitrogens with one attached hydrogen (secondary N) is 1. The Morgan fingerprint density at radius 3 is 2.50 bits per heavy atom. The number of aliphatic imine (C=N–C) groups is 1. The van der Waals surface area contributed by atoms with Crippen molar-refractivity contribution in [3.8, 4) is 11.5 Å². The number of hydrogen-bond acceptors (Lipinski definition) is 6. The highest BCUT2D eigenvalue weighted by Gasteiger charge is 2.21. The van der Waals surface area contributed by atoms with Crippen molar-refractivity contribution >= 4 is 11.5 Å². The molecule has 0 saturated heterocycles. The summed E-state index contributed by atoms with van der Waals surface area (Å²) in [7, 11) is 5.48. The van der Waals surface area contributed by atoms with Crippen molar-refractivity contribution in [1.82, 2.24) is 0 Å². The van der Waals surface area contributed by atoms with Gasteiger partial charge in [-0.15, -0.1) is 0 Å². The van der Waals surface area contributed by atoms with Gasteiger partial charge in [0.1, 0.15) is 5.84 Å². The van der Waals surface area contributed by atoms with Gasteiger partial charge in [0.15, 0.2) is 17.3 Å². The summed E-state index contributed by atoms with van der Waals surface area (Å²) in [5, 5.41) is 12.0. The van der Waals surface area contributed by atoms with Crippen LogP contribution < -0.4 is 20.5 Å². The van der Waals surface area contributed by atoms with E-state index >= 15 is 0 Å². The number of rotatable bonds is 6. The standard InChI is InChI=1S/C12H18FN3O4/c1-15-9-6(11(14)16-12(17)20-4)5-7(18-2)10(19-3)8(9)13/h5,12,15,17H,1-4H3,(H2,14,16). The third-order valence-electron chi connectivity index (χ3n) is 2.60. The zero-order chi connectivity index (χ0) is 15.3. The number of aliphatic hydroxyl groups is 1. The van der Waals surface area contributed by atoms with Gasteiger partial charge >= 0.3 is 0 Å². The second-order valence-corrected chi connectivity index (χ2v) is 3.67. The highest BCUT2D eigenvalue weighted by Crippen LogP contribution is 2.37. The number of anilines is 1. The summed E-state index contributed by atoms with van der Waals surface area (Å²) in [4.78, 5) is 3.67. The molecule has 0 spiro atoms. The average molecular weight is 287 g/mol. The largest absolute Gasteiger partial charge is 0.493 e. The molecule has 0 heterocycles. The maximum atomic E-state index is 14.3. The van der Waals surface area contributed by atoms with Gasteiger partial charge in [-0.05, 0) is 6.07 Å². The van der Waals surface area contributed by atoms with Crippen molar-refractivity contribution in [3.63, 3.8) is 0 Å². The number of amidine groups is 1. The van der Waals surface area contributed by atoms with E-state index in [0.29, 0.717) is 0 Å². The number of ether oxygens (including phenoxy) is 3. The van der Waals surface area contributed by atoms with Crippen LogP contribution in [0.3, 0.4) is 0 Å². The van der Waals surface area contributed by atoms with Gasteiger partial charge < -0.3 is 30.4 Å². The Bertz CT molecular complexity index is 508. The summed E-state index contributed by atoms with van der Waals surface area (Å²) in [6.07, 6.45) is -1.43. The maximum Gasteiger partial charge on any atom is 0.257 e. The molecular formula is C12H18FN3O4. The molecule has 20 heavy (non-hydrogen) atoms. The molecule has 8 heteroatoms. The van der Waals surface area contributed by atoms with E-state index in [-0.39, 0.29) is 28.6 Å². The Hall–Kier alpha value is -2.06. The first-order valence-corrected chi connectivity index (χ1v) is 5.66. The summed E-state index contributed by atoms with van der Waals surface area (Å²) in [5.41, 5.74) is 6.04. The van der Waals surface area contributed by atoms with Crippen LogP contribution in [-0.4, -0.2) is 45.7 Å². The van der Waals surface area contributed by atoms with Crippen molar-refractivity contribution in [2.75, 3.05) is 33.7 Å². The number of nitrogens with two attached hydrogens (primary N) is 1. The number of hydrogen-bond donors (Lipinski definition) is 3. The first-order valence-electron chi connectivity index (χ1n) is 5.66. The summed E-state index contributed by atoms with van der Waals surface area (Å²) >= 11 is 0. The minimum absolute atomic E-state index is 0.0549. The van der Waals surface area contributed by atoms with Gasteiger partial charge in [-0.1, -0.05) is 0 Å². The molecule has 0 saturated carbocycles. The molecule has 4 N–H and O–H groups in total. The lowest BCUT2D eigenvalue weighted by Gasteiger charge is -2.16. The fourth-order valence-corrected chi connectivity index (χ4v) is 1.64. The van der Waals surface area contributed by atoms with Crippen LogP contribution in [0.25, 0.3) is 0 Å². The van der Waals surface area contributed by atoms with Crippen molar-refractivity contribution in [2.45, 2.75) is 6.41 Å². The van der Waals surface area contributed by atoms with Crippen LogP contribution in [0.2, 0.25) is 0 Å². The topological polar surface area (TPSA) is 98.3 Å². The molecule has 0 radical (unpaired) electrons. The Morgan fingerprint density at radius 2 is 2.05 bits per heavy atom. The van der Waals surface area contributed by atoms with E-state index < -0.39 is 12.2 Å². The van der Waals surface area contributed by atoms with Crippen LogP contribution in [0.5, 0.6) is 11.5 Å². The third kappa shape index (κ3) is 3.09. The number of halogens is 1. The van der Waals surface area contributed by atoms with E-state index in [1.807, 2.05) is 0 Å². The van der Waals surface area contributed by atoms with Gasteiger partial charge in [0.05, 0.1) is 19.9 Å². The Morgan fingerprint density at radius 1 is 1.40 bits per heavy atom. The Labute approximate surface area is 116 Å². The predicted octanol–water partition coefficient (Wildman–Crippen LogP) is 0.512. The molecular weight excluding hydrogens is 269 g/mol. The third-order valence-corrected chi connectivity index (χ3v) is 2.60. The van der Waals surface area contributed by atoms with Gasteiger partial charge in [-0.25, -0.2) is 9.38 Å². The van der Waals surface area contributed by atoms with Crippen LogP contribution in [0.15, 0.2) is 11.1 Å². The lowest BCUT2D eigenvalue weighted by atomic mass is 10.1. The molecule has 0 bridgehead atoms. The fourth-order valence-electron chi connectivity index (χ4n) is 1.64. The van der Waals surface area contributed by atoms with E-state index in [0.717, 1.165) is 0 Å². The van der Waals surface area contributed by atoms with Crippen molar-refractivity contribution in [3.05, 3.63) is 17.4 Å².